The molecule has 0 radical (unpaired) electrons. The van der Waals surface area contributed by atoms with E-state index in [-0.39, 0.29) is 11.0 Å². The Labute approximate surface area is 224 Å². The van der Waals surface area contributed by atoms with E-state index < -0.39 is 0 Å². The van der Waals surface area contributed by atoms with Gasteiger partial charge in [0.25, 0.3) is 0 Å². The van der Waals surface area contributed by atoms with E-state index >= 15 is 0 Å². The Balaban J connectivity index is 1.23. The molecule has 0 spiro atoms. The largest absolute Gasteiger partial charge is 0.457 e. The highest BCUT2D eigenvalue weighted by molar-refractivity contribution is 7.80. The molecule has 5 rings (SSSR count). The van der Waals surface area contributed by atoms with Crippen molar-refractivity contribution >= 4 is 57.7 Å². The normalized spacial score (nSPS) is 11.2. The van der Waals surface area contributed by atoms with Gasteiger partial charge in [0.15, 0.2) is 10.7 Å². The van der Waals surface area contributed by atoms with Crippen LogP contribution in [0.4, 0.5) is 5.69 Å². The first-order valence-corrected chi connectivity index (χ1v) is 12.3. The number of hydrogen-bond acceptors (Lipinski definition) is 5. The van der Waals surface area contributed by atoms with Crippen LogP contribution in [0.25, 0.3) is 40.0 Å². The minimum atomic E-state index is -0.384. The maximum absolute atomic E-state index is 12.4. The van der Waals surface area contributed by atoms with Gasteiger partial charge in [0.2, 0.25) is 11.8 Å². The van der Waals surface area contributed by atoms with Crippen molar-refractivity contribution in [3.8, 4) is 22.8 Å². The highest BCUT2D eigenvalue weighted by Crippen LogP contribution is 2.28. The van der Waals surface area contributed by atoms with Crippen molar-refractivity contribution in [2.45, 2.75) is 13.8 Å². The number of aryl methyl sites for hydroxylation is 2. The van der Waals surface area contributed by atoms with E-state index in [2.05, 4.69) is 15.6 Å². The topological polar surface area (TPSA) is 80.3 Å². The van der Waals surface area contributed by atoms with E-state index in [1.54, 1.807) is 24.3 Å². The van der Waals surface area contributed by atoms with Crippen LogP contribution in [0.1, 0.15) is 16.9 Å². The van der Waals surface area contributed by atoms with Gasteiger partial charge in [-0.15, -0.1) is 0 Å². The number of aromatic nitrogens is 1. The number of thiocarbonyl (C=S) groups is 1. The summed E-state index contributed by atoms with van der Waals surface area (Å²) < 4.78 is 11.7. The van der Waals surface area contributed by atoms with Crippen molar-refractivity contribution in [3.05, 3.63) is 101 Å². The molecule has 2 aromatic heterocycles. The second-order valence-corrected chi connectivity index (χ2v) is 9.35. The summed E-state index contributed by atoms with van der Waals surface area (Å²) in [6.07, 6.45) is 2.94. The summed E-state index contributed by atoms with van der Waals surface area (Å²) in [5.41, 5.74) is 6.01. The number of carbonyl (C=O) groups is 1. The number of nitrogens with zero attached hydrogens (tertiary/aromatic N) is 1. The number of halogens is 1. The molecule has 3 aromatic carbocycles. The molecule has 0 aliphatic heterocycles. The van der Waals surface area contributed by atoms with Gasteiger partial charge in [-0.1, -0.05) is 23.7 Å². The number of fused-ring (bicyclic) bond motifs is 1. The third kappa shape index (κ3) is 5.80. The molecule has 0 aliphatic carbocycles. The molecule has 2 N–H and O–H groups in total. The number of hydrogen-bond donors (Lipinski definition) is 2. The third-order valence-corrected chi connectivity index (χ3v) is 6.12. The van der Waals surface area contributed by atoms with Gasteiger partial charge in [-0.25, -0.2) is 4.98 Å². The molecule has 0 unspecified atom stereocenters. The fourth-order valence-corrected chi connectivity index (χ4v) is 4.06. The summed E-state index contributed by atoms with van der Waals surface area (Å²) in [6, 6.07) is 22.6. The highest BCUT2D eigenvalue weighted by Gasteiger charge is 2.12. The molecule has 184 valence electrons. The fraction of sp³-hybridized carbons (Fsp3) is 0.0690. The van der Waals surface area contributed by atoms with Crippen LogP contribution in [-0.4, -0.2) is 16.0 Å². The number of furan rings is 1. The number of rotatable bonds is 5. The molecule has 0 bridgehead atoms. The summed E-state index contributed by atoms with van der Waals surface area (Å²) in [7, 11) is 0. The zero-order chi connectivity index (χ0) is 25.9. The van der Waals surface area contributed by atoms with Crippen LogP contribution in [0.5, 0.6) is 0 Å². The van der Waals surface area contributed by atoms with E-state index in [1.807, 2.05) is 68.4 Å². The molecular weight excluding hydrogens is 506 g/mol. The average Bonchev–Trinajstić information content (AvgIpc) is 3.51. The summed E-state index contributed by atoms with van der Waals surface area (Å²) in [5.74, 6) is 1.34. The molecule has 1 amide bonds. The van der Waals surface area contributed by atoms with Gasteiger partial charge in [-0.2, -0.15) is 0 Å². The standard InChI is InChI=1S/C29H22ClN3O3S/c1-17-3-12-23-26(15-17)36-28(31-23)20-5-4-18(2)24(16-20)32-29(37)33-27(34)14-11-22-10-13-25(35-22)19-6-8-21(30)9-7-19/h3-16H,1-2H3,(H2,32,33,34,37). The van der Waals surface area contributed by atoms with Crippen molar-refractivity contribution < 1.29 is 13.6 Å². The Hall–Kier alpha value is -4.20. The molecule has 8 heteroatoms. The molecule has 0 saturated carbocycles. The smallest absolute Gasteiger partial charge is 0.250 e. The van der Waals surface area contributed by atoms with E-state index in [9.17, 15) is 4.79 Å². The Bertz CT molecular complexity index is 1650. The van der Waals surface area contributed by atoms with Gasteiger partial charge < -0.3 is 14.2 Å². The number of amides is 1. The van der Waals surface area contributed by atoms with Crippen LogP contribution in [-0.2, 0) is 4.79 Å². The monoisotopic (exact) mass is 527 g/mol. The molecule has 0 aliphatic rings. The van der Waals surface area contributed by atoms with Gasteiger partial charge in [0.05, 0.1) is 0 Å². The molecule has 0 fully saturated rings. The molecule has 0 saturated heterocycles. The molecule has 0 atom stereocenters. The Kier molecular flexibility index (Phi) is 6.90. The quantitative estimate of drug-likeness (QED) is 0.181. The van der Waals surface area contributed by atoms with Gasteiger partial charge in [0.1, 0.15) is 17.0 Å². The zero-order valence-corrected chi connectivity index (χ0v) is 21.6. The summed E-state index contributed by atoms with van der Waals surface area (Å²) in [6.45, 7) is 3.95. The maximum Gasteiger partial charge on any atom is 0.250 e. The van der Waals surface area contributed by atoms with Crippen LogP contribution < -0.4 is 10.6 Å². The Morgan fingerprint density at radius 3 is 2.54 bits per heavy atom. The minimum absolute atomic E-state index is 0.171. The lowest BCUT2D eigenvalue weighted by Gasteiger charge is -2.11. The SMILES string of the molecule is Cc1ccc2nc(-c3ccc(C)c(NC(=S)NC(=O)C=Cc4ccc(-c5ccc(Cl)cc5)o4)c3)oc2c1. The first-order chi connectivity index (χ1) is 17.8. The summed E-state index contributed by atoms with van der Waals surface area (Å²) in [4.78, 5) is 17.0. The van der Waals surface area contributed by atoms with Crippen LogP contribution in [0.15, 0.2) is 87.7 Å². The molecule has 37 heavy (non-hydrogen) atoms. The van der Waals surface area contributed by atoms with Crippen LogP contribution in [0, 0.1) is 13.8 Å². The van der Waals surface area contributed by atoms with Crippen molar-refractivity contribution in [1.29, 1.82) is 0 Å². The van der Waals surface area contributed by atoms with Gasteiger partial charge in [-0.3, -0.25) is 10.1 Å². The van der Waals surface area contributed by atoms with Crippen molar-refractivity contribution in [2.24, 2.45) is 0 Å². The van der Waals surface area contributed by atoms with Crippen molar-refractivity contribution in [2.75, 3.05) is 5.32 Å². The van der Waals surface area contributed by atoms with E-state index in [4.69, 9.17) is 32.7 Å². The number of anilines is 1. The van der Waals surface area contributed by atoms with E-state index in [0.29, 0.717) is 22.4 Å². The van der Waals surface area contributed by atoms with Crippen LogP contribution >= 0.6 is 23.8 Å². The summed E-state index contributed by atoms with van der Waals surface area (Å²) >= 11 is 11.3. The van der Waals surface area contributed by atoms with Gasteiger partial charge in [0, 0.05) is 27.9 Å². The lowest BCUT2D eigenvalue weighted by Crippen LogP contribution is -2.33. The Morgan fingerprint density at radius 1 is 0.946 bits per heavy atom. The lowest BCUT2D eigenvalue weighted by molar-refractivity contribution is -0.115. The van der Waals surface area contributed by atoms with Crippen molar-refractivity contribution in [1.82, 2.24) is 10.3 Å². The average molecular weight is 528 g/mol. The van der Waals surface area contributed by atoms with Gasteiger partial charge in [-0.05, 0) is 104 Å². The van der Waals surface area contributed by atoms with E-state index in [0.717, 1.165) is 39.0 Å². The molecular formula is C29H22ClN3O3S. The molecule has 6 nitrogen and oxygen atoms in total. The fourth-order valence-electron chi connectivity index (χ4n) is 3.72. The first-order valence-electron chi connectivity index (χ1n) is 11.5. The molecule has 2 heterocycles. The number of oxazole rings is 1. The number of carbonyl (C=O) groups excluding carboxylic acids is 1. The highest BCUT2D eigenvalue weighted by atomic mass is 35.5. The second-order valence-electron chi connectivity index (χ2n) is 8.51. The van der Waals surface area contributed by atoms with Crippen LogP contribution in [0.2, 0.25) is 5.02 Å². The third-order valence-electron chi connectivity index (χ3n) is 5.67. The first kappa shape index (κ1) is 24.5. The Morgan fingerprint density at radius 2 is 1.73 bits per heavy atom. The maximum atomic E-state index is 12.4. The predicted octanol–water partition coefficient (Wildman–Crippen LogP) is 7.55. The zero-order valence-electron chi connectivity index (χ0n) is 20.0. The number of benzene rings is 3. The number of nitrogens with one attached hydrogen (secondary N) is 2. The predicted molar refractivity (Wildman–Crippen MR) is 151 cm³/mol. The molecule has 5 aromatic rings. The second kappa shape index (κ2) is 10.4. The van der Waals surface area contributed by atoms with Crippen molar-refractivity contribution in [3.63, 3.8) is 0 Å². The van der Waals surface area contributed by atoms with Gasteiger partial charge >= 0.3 is 0 Å². The van der Waals surface area contributed by atoms with Crippen LogP contribution in [0.3, 0.4) is 0 Å². The summed E-state index contributed by atoms with van der Waals surface area (Å²) in [5, 5.41) is 6.56. The minimum Gasteiger partial charge on any atom is -0.457 e. The lowest BCUT2D eigenvalue weighted by atomic mass is 10.1. The van der Waals surface area contributed by atoms with E-state index in [1.165, 1.54) is 6.08 Å².